The lowest BCUT2D eigenvalue weighted by atomic mass is 9.97. The van der Waals surface area contributed by atoms with Crippen molar-refractivity contribution in [3.63, 3.8) is 0 Å². The quantitative estimate of drug-likeness (QED) is 0.530. The first-order valence-electron chi connectivity index (χ1n) is 11.8. The third kappa shape index (κ3) is 5.46. The highest BCUT2D eigenvalue weighted by Crippen LogP contribution is 2.25. The third-order valence-electron chi connectivity index (χ3n) is 6.57. The van der Waals surface area contributed by atoms with Gasteiger partial charge in [-0.05, 0) is 61.1 Å². The summed E-state index contributed by atoms with van der Waals surface area (Å²) in [6, 6.07) is 11.9. The molecule has 1 fully saturated rings. The van der Waals surface area contributed by atoms with Crippen LogP contribution < -0.4 is 5.32 Å². The largest absolute Gasteiger partial charge is 0.352 e. The molecule has 1 amide bonds. The molecule has 0 unspecified atom stereocenters. The minimum Gasteiger partial charge on any atom is -0.352 e. The average molecular weight is 499 g/mol. The first-order valence-corrected chi connectivity index (χ1v) is 13.3. The molecular formula is C26H31FN4O3S. The van der Waals surface area contributed by atoms with Gasteiger partial charge in [-0.15, -0.1) is 0 Å². The van der Waals surface area contributed by atoms with E-state index in [0.717, 1.165) is 5.56 Å². The lowest BCUT2D eigenvalue weighted by molar-refractivity contribution is -0.126. The van der Waals surface area contributed by atoms with Crippen molar-refractivity contribution in [1.29, 1.82) is 0 Å². The van der Waals surface area contributed by atoms with Gasteiger partial charge in [-0.3, -0.25) is 4.79 Å². The summed E-state index contributed by atoms with van der Waals surface area (Å²) in [6.45, 7) is 6.71. The number of rotatable bonds is 7. The summed E-state index contributed by atoms with van der Waals surface area (Å²) in [5, 5.41) is 2.87. The normalized spacial score (nSPS) is 15.5. The van der Waals surface area contributed by atoms with Crippen LogP contribution in [0, 0.1) is 18.7 Å². The Morgan fingerprint density at radius 2 is 1.83 bits per heavy atom. The number of sulfonamides is 1. The summed E-state index contributed by atoms with van der Waals surface area (Å²) in [4.78, 5) is 17.1. The van der Waals surface area contributed by atoms with Crippen LogP contribution in [-0.2, 0) is 21.4 Å². The van der Waals surface area contributed by atoms with Crippen molar-refractivity contribution >= 4 is 15.9 Å². The molecule has 0 atom stereocenters. The molecular weight excluding hydrogens is 467 g/mol. The van der Waals surface area contributed by atoms with Crippen molar-refractivity contribution in [2.45, 2.75) is 51.0 Å². The van der Waals surface area contributed by atoms with Gasteiger partial charge in [0, 0.05) is 37.9 Å². The van der Waals surface area contributed by atoms with Crippen LogP contribution in [0.25, 0.3) is 5.69 Å². The Labute approximate surface area is 206 Å². The Bertz CT molecular complexity index is 1290. The smallest absolute Gasteiger partial charge is 0.243 e. The molecule has 1 saturated heterocycles. The van der Waals surface area contributed by atoms with Crippen LogP contribution in [0.2, 0.25) is 0 Å². The predicted octanol–water partition coefficient (Wildman–Crippen LogP) is 4.16. The van der Waals surface area contributed by atoms with E-state index < -0.39 is 15.8 Å². The fraction of sp³-hybridized carbons (Fsp3) is 0.385. The number of imidazole rings is 1. The van der Waals surface area contributed by atoms with Crippen LogP contribution in [0.3, 0.4) is 0 Å². The molecule has 1 aliphatic rings. The van der Waals surface area contributed by atoms with Crippen LogP contribution in [0.4, 0.5) is 4.39 Å². The van der Waals surface area contributed by atoms with Crippen molar-refractivity contribution in [2.75, 3.05) is 13.1 Å². The zero-order valence-corrected chi connectivity index (χ0v) is 21.1. The Balaban J connectivity index is 1.31. The molecule has 0 spiro atoms. The highest BCUT2D eigenvalue weighted by atomic mass is 32.2. The minimum absolute atomic E-state index is 0.140. The van der Waals surface area contributed by atoms with Crippen molar-refractivity contribution in [3.05, 3.63) is 77.6 Å². The van der Waals surface area contributed by atoms with Gasteiger partial charge in [-0.25, -0.2) is 17.8 Å². The topological polar surface area (TPSA) is 84.3 Å². The highest BCUT2D eigenvalue weighted by Gasteiger charge is 2.32. The number of aryl methyl sites for hydroxylation is 1. The maximum atomic E-state index is 14.6. The van der Waals surface area contributed by atoms with Crippen LogP contribution in [0.5, 0.6) is 0 Å². The van der Waals surface area contributed by atoms with Crippen LogP contribution in [0.1, 0.15) is 49.6 Å². The van der Waals surface area contributed by atoms with E-state index in [4.69, 9.17) is 0 Å². The number of hydrogen-bond donors (Lipinski definition) is 1. The van der Waals surface area contributed by atoms with Crippen molar-refractivity contribution < 1.29 is 17.6 Å². The van der Waals surface area contributed by atoms with Crippen LogP contribution in [0.15, 0.2) is 59.8 Å². The number of nitrogens with zero attached hydrogens (tertiary/aromatic N) is 3. The Kier molecular flexibility index (Phi) is 7.37. The van der Waals surface area contributed by atoms with E-state index in [-0.39, 0.29) is 23.3 Å². The second kappa shape index (κ2) is 10.3. The number of piperidine rings is 1. The van der Waals surface area contributed by atoms with Gasteiger partial charge in [0.2, 0.25) is 15.9 Å². The maximum absolute atomic E-state index is 14.6. The van der Waals surface area contributed by atoms with E-state index in [1.54, 1.807) is 48.1 Å². The number of halogens is 1. The summed E-state index contributed by atoms with van der Waals surface area (Å²) in [6.07, 6.45) is 4.20. The molecule has 0 bridgehead atoms. The maximum Gasteiger partial charge on any atom is 0.243 e. The fourth-order valence-corrected chi connectivity index (χ4v) is 5.82. The molecule has 0 aliphatic carbocycles. The standard InChI is InChI=1S/C26H31FN4O3S/c1-18(2)21-5-7-23(8-6-21)35(33,34)30-13-10-22(11-14-30)26(32)29-17-20-4-9-25(24(27)16-20)31-15-12-28-19(31)3/h4-9,12,15-16,18,22H,10-11,13-14,17H2,1-3H3,(H,29,32). The number of amides is 1. The molecule has 3 aromatic rings. The Hall–Kier alpha value is -3.04. The number of carbonyl (C=O) groups excluding carboxylic acids is 1. The lowest BCUT2D eigenvalue weighted by Gasteiger charge is -2.30. The number of nitrogens with one attached hydrogen (secondary N) is 1. The summed E-state index contributed by atoms with van der Waals surface area (Å²) >= 11 is 0. The molecule has 9 heteroatoms. The SMILES string of the molecule is Cc1nccn1-c1ccc(CNC(=O)C2CCN(S(=O)(=O)c3ccc(C(C)C)cc3)CC2)cc1F. The second-order valence-electron chi connectivity index (χ2n) is 9.25. The minimum atomic E-state index is -3.59. The second-order valence-corrected chi connectivity index (χ2v) is 11.2. The van der Waals surface area contributed by atoms with E-state index in [9.17, 15) is 17.6 Å². The number of benzene rings is 2. The van der Waals surface area contributed by atoms with Gasteiger partial charge < -0.3 is 9.88 Å². The van der Waals surface area contributed by atoms with Gasteiger partial charge in [0.05, 0.1) is 10.6 Å². The summed E-state index contributed by atoms with van der Waals surface area (Å²) < 4.78 is 43.7. The molecule has 0 radical (unpaired) electrons. The Morgan fingerprint density at radius 3 is 2.40 bits per heavy atom. The molecule has 1 aliphatic heterocycles. The van der Waals surface area contributed by atoms with E-state index in [2.05, 4.69) is 24.1 Å². The fourth-order valence-electron chi connectivity index (χ4n) is 4.35. The molecule has 2 heterocycles. The van der Waals surface area contributed by atoms with Crippen molar-refractivity contribution in [2.24, 2.45) is 5.92 Å². The first kappa shape index (κ1) is 25.1. The monoisotopic (exact) mass is 498 g/mol. The zero-order chi connectivity index (χ0) is 25.2. The van der Waals surface area contributed by atoms with Crippen molar-refractivity contribution in [3.8, 4) is 5.69 Å². The van der Waals surface area contributed by atoms with Gasteiger partial charge in [0.15, 0.2) is 0 Å². The Morgan fingerprint density at radius 1 is 1.14 bits per heavy atom. The molecule has 35 heavy (non-hydrogen) atoms. The molecule has 2 aromatic carbocycles. The summed E-state index contributed by atoms with van der Waals surface area (Å²) in [5.74, 6) is 0.209. The summed E-state index contributed by atoms with van der Waals surface area (Å²) in [7, 11) is -3.59. The van der Waals surface area contributed by atoms with E-state index in [1.165, 1.54) is 10.4 Å². The molecule has 4 rings (SSSR count). The van der Waals surface area contributed by atoms with Gasteiger partial charge in [-0.2, -0.15) is 4.31 Å². The number of carbonyl (C=O) groups is 1. The molecule has 186 valence electrons. The van der Waals surface area contributed by atoms with Crippen LogP contribution in [-0.4, -0.2) is 41.3 Å². The molecule has 1 N–H and O–H groups in total. The van der Waals surface area contributed by atoms with Crippen molar-refractivity contribution in [1.82, 2.24) is 19.2 Å². The predicted molar refractivity (Wildman–Crippen MR) is 132 cm³/mol. The molecule has 1 aromatic heterocycles. The van der Waals surface area contributed by atoms with E-state index in [0.29, 0.717) is 48.9 Å². The summed E-state index contributed by atoms with van der Waals surface area (Å²) in [5.41, 5.74) is 2.15. The highest BCUT2D eigenvalue weighted by molar-refractivity contribution is 7.89. The number of hydrogen-bond acceptors (Lipinski definition) is 4. The lowest BCUT2D eigenvalue weighted by Crippen LogP contribution is -2.42. The van der Waals surface area contributed by atoms with Gasteiger partial charge >= 0.3 is 0 Å². The average Bonchev–Trinajstić information content (AvgIpc) is 3.28. The van der Waals surface area contributed by atoms with E-state index >= 15 is 0 Å². The van der Waals surface area contributed by atoms with E-state index in [1.807, 2.05) is 12.1 Å². The first-order chi connectivity index (χ1) is 16.7. The van der Waals surface area contributed by atoms with Gasteiger partial charge in [0.1, 0.15) is 11.6 Å². The zero-order valence-electron chi connectivity index (χ0n) is 20.2. The van der Waals surface area contributed by atoms with Gasteiger partial charge in [-0.1, -0.05) is 32.0 Å². The van der Waals surface area contributed by atoms with Gasteiger partial charge in [0.25, 0.3) is 0 Å². The third-order valence-corrected chi connectivity index (χ3v) is 8.49. The molecule has 7 nitrogen and oxygen atoms in total. The number of aromatic nitrogens is 2. The van der Waals surface area contributed by atoms with Crippen LogP contribution >= 0.6 is 0 Å². The molecule has 0 saturated carbocycles.